The molecule has 2 N–H and O–H groups in total. The van der Waals surface area contributed by atoms with Gasteiger partial charge in [0.25, 0.3) is 0 Å². The van der Waals surface area contributed by atoms with Gasteiger partial charge in [0, 0.05) is 31.8 Å². The fourth-order valence-electron chi connectivity index (χ4n) is 4.15. The third-order valence-electron chi connectivity index (χ3n) is 6.74. The average Bonchev–Trinajstić information content (AvgIpc) is 3.48. The van der Waals surface area contributed by atoms with Gasteiger partial charge in [0.15, 0.2) is 0 Å². The molecule has 1 saturated carbocycles. The van der Waals surface area contributed by atoms with Crippen molar-refractivity contribution >= 4 is 12.0 Å². The Bertz CT molecular complexity index is 673. The van der Waals surface area contributed by atoms with Crippen LogP contribution in [0.15, 0.2) is 0 Å². The normalized spacial score (nSPS) is 21.4. The third kappa shape index (κ3) is 13.4. The predicted molar refractivity (Wildman–Crippen MR) is 136 cm³/mol. The van der Waals surface area contributed by atoms with Crippen LogP contribution in [-0.4, -0.2) is 84.0 Å². The zero-order valence-corrected chi connectivity index (χ0v) is 22.4. The first kappa shape index (κ1) is 30.4. The number of nitrogens with one attached hydrogen (secondary N) is 2. The molecule has 2 aliphatic rings. The summed E-state index contributed by atoms with van der Waals surface area (Å²) in [5.41, 5.74) is 0. The van der Waals surface area contributed by atoms with Crippen LogP contribution in [0.5, 0.6) is 0 Å². The van der Waals surface area contributed by atoms with E-state index < -0.39 is 0 Å². The second-order valence-corrected chi connectivity index (χ2v) is 9.75. The summed E-state index contributed by atoms with van der Waals surface area (Å²) >= 11 is 0. The highest BCUT2D eigenvalue weighted by molar-refractivity contribution is 5.76. The maximum Gasteiger partial charge on any atom is 0.407 e. The number of hydrogen-bond donors (Lipinski definition) is 2. The van der Waals surface area contributed by atoms with Crippen LogP contribution >= 0.6 is 0 Å². The highest BCUT2D eigenvalue weighted by atomic mass is 16.6. The minimum Gasteiger partial charge on any atom is -0.449 e. The van der Waals surface area contributed by atoms with Crippen LogP contribution in [0.25, 0.3) is 0 Å². The molecular weight excluding hydrogens is 464 g/mol. The average molecular weight is 511 g/mol. The molecule has 2 unspecified atom stereocenters. The third-order valence-corrected chi connectivity index (χ3v) is 6.74. The molecule has 0 heterocycles. The number of rotatable bonds is 19. The molecule has 0 aromatic rings. The maximum atomic E-state index is 11.8. The van der Waals surface area contributed by atoms with Gasteiger partial charge in [-0.3, -0.25) is 4.79 Å². The molecule has 0 spiro atoms. The Balaban J connectivity index is 1.27. The number of carbonyl (C=O) groups is 2. The van der Waals surface area contributed by atoms with Gasteiger partial charge in [-0.15, -0.1) is 11.8 Å². The summed E-state index contributed by atoms with van der Waals surface area (Å²) in [6, 6.07) is 0.166. The molecule has 206 valence electrons. The van der Waals surface area contributed by atoms with Crippen molar-refractivity contribution in [1.82, 2.24) is 10.6 Å². The first-order valence-electron chi connectivity index (χ1n) is 13.5. The Morgan fingerprint density at radius 3 is 1.89 bits per heavy atom. The number of hydrogen-bond acceptors (Lipinski definition) is 7. The highest BCUT2D eigenvalue weighted by Gasteiger charge is 2.49. The van der Waals surface area contributed by atoms with E-state index in [9.17, 15) is 9.59 Å². The fraction of sp³-hybridized carbons (Fsp3) is 0.852. The fourth-order valence-corrected chi connectivity index (χ4v) is 4.15. The van der Waals surface area contributed by atoms with Crippen LogP contribution in [0.3, 0.4) is 0 Å². The predicted octanol–water partition coefficient (Wildman–Crippen LogP) is 2.77. The zero-order valence-electron chi connectivity index (χ0n) is 22.4. The Labute approximate surface area is 216 Å². The largest absolute Gasteiger partial charge is 0.449 e. The van der Waals surface area contributed by atoms with E-state index in [1.807, 2.05) is 6.92 Å². The van der Waals surface area contributed by atoms with E-state index in [4.69, 9.17) is 23.7 Å². The van der Waals surface area contributed by atoms with Gasteiger partial charge in [-0.2, -0.15) is 0 Å². The number of ether oxygens (including phenoxy) is 5. The van der Waals surface area contributed by atoms with E-state index in [0.29, 0.717) is 96.1 Å². The lowest BCUT2D eigenvalue weighted by Gasteiger charge is -2.17. The Kier molecular flexibility index (Phi) is 15.5. The van der Waals surface area contributed by atoms with Crippen LogP contribution in [0, 0.1) is 35.5 Å². The van der Waals surface area contributed by atoms with Crippen LogP contribution < -0.4 is 10.6 Å². The molecule has 2 aliphatic carbocycles. The van der Waals surface area contributed by atoms with Gasteiger partial charge in [0.2, 0.25) is 5.91 Å². The van der Waals surface area contributed by atoms with E-state index in [0.717, 1.165) is 25.7 Å². The monoisotopic (exact) mass is 510 g/mol. The lowest BCUT2D eigenvalue weighted by atomic mass is 10.1. The van der Waals surface area contributed by atoms with Gasteiger partial charge in [-0.1, -0.05) is 13.8 Å². The molecule has 0 aliphatic heterocycles. The Morgan fingerprint density at radius 2 is 1.33 bits per heavy atom. The smallest absolute Gasteiger partial charge is 0.407 e. The lowest BCUT2D eigenvalue weighted by Crippen LogP contribution is -2.36. The van der Waals surface area contributed by atoms with Crippen molar-refractivity contribution in [3.63, 3.8) is 0 Å². The van der Waals surface area contributed by atoms with Crippen LogP contribution in [0.4, 0.5) is 4.79 Å². The van der Waals surface area contributed by atoms with Crippen LogP contribution in [-0.2, 0) is 28.5 Å². The number of fused-ring (bicyclic) bond motifs is 1. The molecule has 0 aromatic heterocycles. The van der Waals surface area contributed by atoms with Crippen LogP contribution in [0.2, 0.25) is 0 Å². The van der Waals surface area contributed by atoms with Crippen molar-refractivity contribution in [3.05, 3.63) is 0 Å². The summed E-state index contributed by atoms with van der Waals surface area (Å²) in [4.78, 5) is 23.6. The quantitative estimate of drug-likeness (QED) is 0.203. The minimum absolute atomic E-state index is 0.0103. The summed E-state index contributed by atoms with van der Waals surface area (Å²) in [5, 5.41) is 5.67. The molecule has 1 fully saturated rings. The molecule has 9 nitrogen and oxygen atoms in total. The van der Waals surface area contributed by atoms with E-state index in [1.165, 1.54) is 0 Å². The molecule has 0 saturated heterocycles. The van der Waals surface area contributed by atoms with E-state index in [-0.39, 0.29) is 18.0 Å². The first-order chi connectivity index (χ1) is 17.5. The second kappa shape index (κ2) is 18.4. The van der Waals surface area contributed by atoms with Crippen molar-refractivity contribution in [3.8, 4) is 11.8 Å². The molecule has 0 aromatic carbocycles. The zero-order chi connectivity index (χ0) is 26.0. The SMILES string of the molecule is CC(C)[C@@H](C)NC(=O)CCOCCOCCOCCOCCNC(=O)OCC1C2CCC#CCCC21. The topological polar surface area (TPSA) is 104 Å². The number of alkyl carbamates (subject to hydrolysis) is 1. The molecular formula is C27H46N2O7. The Hall–Kier alpha value is -1.86. The molecule has 2 rings (SSSR count). The van der Waals surface area contributed by atoms with Crippen molar-refractivity contribution < 1.29 is 33.3 Å². The minimum atomic E-state index is -0.379. The maximum absolute atomic E-state index is 11.8. The summed E-state index contributed by atoms with van der Waals surface area (Å²) in [5.74, 6) is 8.67. The lowest BCUT2D eigenvalue weighted by molar-refractivity contribution is -0.123. The standard InChI is InChI=1S/C27H46N2O7/c1-21(2)22(3)29-26(30)10-12-32-14-16-34-18-19-35-17-15-33-13-11-28-27(31)36-20-25-23-8-6-4-5-7-9-24(23)25/h21-25H,6-20H2,1-3H3,(H,28,31)(H,29,30)/t22-,23?,24?,25?/m1/s1. The molecule has 0 radical (unpaired) electrons. The number of amides is 2. The van der Waals surface area contributed by atoms with Crippen molar-refractivity contribution in [1.29, 1.82) is 0 Å². The molecule has 0 bridgehead atoms. The summed E-state index contributed by atoms with van der Waals surface area (Å²) in [6.45, 7) is 10.6. The molecule has 2 amide bonds. The van der Waals surface area contributed by atoms with E-state index in [1.54, 1.807) is 0 Å². The van der Waals surface area contributed by atoms with Crippen molar-refractivity contribution in [2.45, 2.75) is 58.9 Å². The first-order valence-corrected chi connectivity index (χ1v) is 13.5. The second-order valence-electron chi connectivity index (χ2n) is 9.75. The Morgan fingerprint density at radius 1 is 0.806 bits per heavy atom. The summed E-state index contributed by atoms with van der Waals surface area (Å²) < 4.78 is 27.1. The highest BCUT2D eigenvalue weighted by Crippen LogP contribution is 2.52. The van der Waals surface area contributed by atoms with Crippen molar-refractivity contribution in [2.24, 2.45) is 23.7 Å². The number of carbonyl (C=O) groups excluding carboxylic acids is 2. The van der Waals surface area contributed by atoms with Crippen LogP contribution in [0.1, 0.15) is 52.9 Å². The molecule has 36 heavy (non-hydrogen) atoms. The van der Waals surface area contributed by atoms with Gasteiger partial charge in [0.1, 0.15) is 0 Å². The van der Waals surface area contributed by atoms with Crippen molar-refractivity contribution in [2.75, 3.05) is 66.0 Å². The van der Waals surface area contributed by atoms with Gasteiger partial charge in [-0.05, 0) is 43.4 Å². The van der Waals surface area contributed by atoms with Gasteiger partial charge in [-0.25, -0.2) is 4.79 Å². The molecule has 9 heteroatoms. The summed E-state index contributed by atoms with van der Waals surface area (Å²) in [6.07, 6.45) is 4.16. The van der Waals surface area contributed by atoms with Gasteiger partial charge >= 0.3 is 6.09 Å². The molecule has 3 atom stereocenters. The summed E-state index contributed by atoms with van der Waals surface area (Å²) in [7, 11) is 0. The van der Waals surface area contributed by atoms with E-state index >= 15 is 0 Å². The van der Waals surface area contributed by atoms with Gasteiger partial charge < -0.3 is 34.3 Å². The van der Waals surface area contributed by atoms with Gasteiger partial charge in [0.05, 0.1) is 59.5 Å². The van der Waals surface area contributed by atoms with E-state index in [2.05, 4.69) is 36.3 Å².